The maximum Gasteiger partial charge on any atom is 0.0524 e. The lowest BCUT2D eigenvalue weighted by molar-refractivity contribution is 0.174. The Morgan fingerprint density at radius 3 is 2.57 bits per heavy atom. The molecule has 2 nitrogen and oxygen atoms in total. The molecule has 0 aromatic rings. The lowest BCUT2D eigenvalue weighted by atomic mass is 9.79. The number of hydrogen-bond acceptors (Lipinski definition) is 2. The van der Waals surface area contributed by atoms with Crippen LogP contribution in [0.1, 0.15) is 46.5 Å². The lowest BCUT2D eigenvalue weighted by Crippen LogP contribution is -2.37. The van der Waals surface area contributed by atoms with Crippen LogP contribution in [0.5, 0.6) is 0 Å². The van der Waals surface area contributed by atoms with E-state index in [0.29, 0.717) is 6.04 Å². The quantitative estimate of drug-likeness (QED) is 0.727. The summed E-state index contributed by atoms with van der Waals surface area (Å²) in [6, 6.07) is 0.694. The van der Waals surface area contributed by atoms with Gasteiger partial charge in [0.05, 0.1) is 6.10 Å². The molecule has 0 radical (unpaired) electrons. The first-order chi connectivity index (χ1) is 6.59. The number of aliphatic hydroxyl groups is 1. The Bertz CT molecular complexity index is 158. The van der Waals surface area contributed by atoms with Gasteiger partial charge in [-0.2, -0.15) is 0 Å². The third-order valence-electron chi connectivity index (χ3n) is 3.59. The van der Waals surface area contributed by atoms with Crippen LogP contribution in [0.15, 0.2) is 0 Å². The van der Waals surface area contributed by atoms with Gasteiger partial charge in [-0.1, -0.05) is 13.8 Å². The fraction of sp³-hybridized carbons (Fsp3) is 1.00. The van der Waals surface area contributed by atoms with Crippen LogP contribution in [-0.2, 0) is 0 Å². The molecule has 1 aliphatic rings. The predicted molar refractivity (Wildman–Crippen MR) is 60.3 cm³/mol. The predicted octanol–water partition coefficient (Wildman–Crippen LogP) is 2.17. The van der Waals surface area contributed by atoms with Gasteiger partial charge in [-0.3, -0.25) is 0 Å². The van der Waals surface area contributed by atoms with E-state index in [4.69, 9.17) is 5.11 Å². The number of hydrogen-bond donors (Lipinski definition) is 2. The van der Waals surface area contributed by atoms with E-state index in [1.165, 1.54) is 19.3 Å². The van der Waals surface area contributed by atoms with Crippen LogP contribution in [0, 0.1) is 11.8 Å². The van der Waals surface area contributed by atoms with Crippen molar-refractivity contribution in [2.24, 2.45) is 11.8 Å². The van der Waals surface area contributed by atoms with Crippen molar-refractivity contribution in [2.45, 2.75) is 58.6 Å². The molecule has 0 heterocycles. The first-order valence-electron chi connectivity index (χ1n) is 6.01. The fourth-order valence-electron chi connectivity index (χ4n) is 2.23. The van der Waals surface area contributed by atoms with Crippen LogP contribution >= 0.6 is 0 Å². The molecule has 0 aromatic carbocycles. The molecule has 2 heteroatoms. The fourth-order valence-corrected chi connectivity index (χ4v) is 2.23. The summed E-state index contributed by atoms with van der Waals surface area (Å²) in [7, 11) is 0. The van der Waals surface area contributed by atoms with E-state index >= 15 is 0 Å². The molecule has 0 bridgehead atoms. The van der Waals surface area contributed by atoms with Crippen LogP contribution in [0.3, 0.4) is 0 Å². The molecule has 0 amide bonds. The summed E-state index contributed by atoms with van der Waals surface area (Å²) in [4.78, 5) is 0. The molecule has 1 rings (SSSR count). The Labute approximate surface area is 88.1 Å². The second-order valence-electron chi connectivity index (χ2n) is 5.06. The Kier molecular flexibility index (Phi) is 4.90. The van der Waals surface area contributed by atoms with Gasteiger partial charge in [-0.15, -0.1) is 0 Å². The van der Waals surface area contributed by atoms with Crippen molar-refractivity contribution in [1.29, 1.82) is 0 Å². The summed E-state index contributed by atoms with van der Waals surface area (Å²) in [5, 5.41) is 12.7. The van der Waals surface area contributed by atoms with Crippen molar-refractivity contribution in [3.8, 4) is 0 Å². The standard InChI is InChI=1S/C12H25NO/c1-9-4-5-12(8-10(9)2)13-7-6-11(3)14/h9-14H,4-8H2,1-3H3/t9-,10+,11-,12-/m1/s1. The summed E-state index contributed by atoms with van der Waals surface area (Å²) in [6.07, 6.45) is 4.68. The molecule has 1 saturated carbocycles. The van der Waals surface area contributed by atoms with Crippen molar-refractivity contribution in [2.75, 3.05) is 6.54 Å². The molecule has 0 aliphatic heterocycles. The average molecular weight is 199 g/mol. The highest BCUT2D eigenvalue weighted by Gasteiger charge is 2.23. The molecule has 0 aromatic heterocycles. The summed E-state index contributed by atoms with van der Waals surface area (Å²) in [5.74, 6) is 1.75. The third kappa shape index (κ3) is 3.97. The zero-order chi connectivity index (χ0) is 10.6. The monoisotopic (exact) mass is 199 g/mol. The molecule has 14 heavy (non-hydrogen) atoms. The molecule has 4 atom stereocenters. The van der Waals surface area contributed by atoms with Crippen LogP contribution in [0.4, 0.5) is 0 Å². The summed E-state index contributed by atoms with van der Waals surface area (Å²) < 4.78 is 0. The van der Waals surface area contributed by atoms with E-state index < -0.39 is 0 Å². The van der Waals surface area contributed by atoms with Crippen molar-refractivity contribution < 1.29 is 5.11 Å². The van der Waals surface area contributed by atoms with Gasteiger partial charge in [-0.25, -0.2) is 0 Å². The van der Waals surface area contributed by atoms with E-state index in [9.17, 15) is 0 Å². The van der Waals surface area contributed by atoms with Gasteiger partial charge in [0.25, 0.3) is 0 Å². The Balaban J connectivity index is 2.13. The molecule has 1 fully saturated rings. The van der Waals surface area contributed by atoms with Gasteiger partial charge in [0.15, 0.2) is 0 Å². The molecule has 0 unspecified atom stereocenters. The summed E-state index contributed by atoms with van der Waals surface area (Å²) in [6.45, 7) is 7.53. The maximum absolute atomic E-state index is 9.14. The van der Waals surface area contributed by atoms with Gasteiger partial charge >= 0.3 is 0 Å². The highest BCUT2D eigenvalue weighted by Crippen LogP contribution is 2.29. The first kappa shape index (κ1) is 12.0. The van der Waals surface area contributed by atoms with Crippen LogP contribution in [0.25, 0.3) is 0 Å². The topological polar surface area (TPSA) is 32.3 Å². The second kappa shape index (κ2) is 5.72. The van der Waals surface area contributed by atoms with Gasteiger partial charge in [-0.05, 0) is 51.0 Å². The number of aliphatic hydroxyl groups excluding tert-OH is 1. The van der Waals surface area contributed by atoms with Crippen LogP contribution in [0.2, 0.25) is 0 Å². The normalized spacial score (nSPS) is 35.6. The number of rotatable bonds is 4. The Morgan fingerprint density at radius 1 is 1.29 bits per heavy atom. The van der Waals surface area contributed by atoms with Crippen molar-refractivity contribution >= 4 is 0 Å². The molecule has 1 aliphatic carbocycles. The first-order valence-corrected chi connectivity index (χ1v) is 6.01. The van der Waals surface area contributed by atoms with E-state index in [-0.39, 0.29) is 6.10 Å². The Hall–Kier alpha value is -0.0800. The van der Waals surface area contributed by atoms with Gasteiger partial charge < -0.3 is 10.4 Å². The van der Waals surface area contributed by atoms with Gasteiger partial charge in [0, 0.05) is 6.04 Å². The van der Waals surface area contributed by atoms with E-state index in [1.54, 1.807) is 0 Å². The van der Waals surface area contributed by atoms with Crippen molar-refractivity contribution in [3.63, 3.8) is 0 Å². The number of nitrogens with one attached hydrogen (secondary N) is 1. The molecule has 0 spiro atoms. The SMILES string of the molecule is C[C@@H]1CC[C@@H](NCC[C@@H](C)O)C[C@@H]1C. The highest BCUT2D eigenvalue weighted by atomic mass is 16.3. The smallest absolute Gasteiger partial charge is 0.0524 e. The minimum atomic E-state index is -0.164. The van der Waals surface area contributed by atoms with Crippen LogP contribution in [-0.4, -0.2) is 23.8 Å². The molecular formula is C12H25NO. The highest BCUT2D eigenvalue weighted by molar-refractivity contribution is 4.79. The van der Waals surface area contributed by atoms with Gasteiger partial charge in [0.2, 0.25) is 0 Å². The van der Waals surface area contributed by atoms with E-state index in [1.807, 2.05) is 6.92 Å². The minimum Gasteiger partial charge on any atom is -0.393 e. The molecule has 0 saturated heterocycles. The zero-order valence-corrected chi connectivity index (χ0v) is 9.79. The lowest BCUT2D eigenvalue weighted by Gasteiger charge is -2.32. The van der Waals surface area contributed by atoms with Crippen molar-refractivity contribution in [1.82, 2.24) is 5.32 Å². The summed E-state index contributed by atoms with van der Waals surface area (Å²) in [5.41, 5.74) is 0. The van der Waals surface area contributed by atoms with Crippen LogP contribution < -0.4 is 5.32 Å². The average Bonchev–Trinajstić information content (AvgIpc) is 2.10. The Morgan fingerprint density at radius 2 is 2.00 bits per heavy atom. The molecular weight excluding hydrogens is 174 g/mol. The zero-order valence-electron chi connectivity index (χ0n) is 9.79. The summed E-state index contributed by atoms with van der Waals surface area (Å²) >= 11 is 0. The maximum atomic E-state index is 9.14. The van der Waals surface area contributed by atoms with E-state index in [2.05, 4.69) is 19.2 Å². The van der Waals surface area contributed by atoms with E-state index in [0.717, 1.165) is 24.8 Å². The third-order valence-corrected chi connectivity index (χ3v) is 3.59. The second-order valence-corrected chi connectivity index (χ2v) is 5.06. The largest absolute Gasteiger partial charge is 0.393 e. The molecule has 2 N–H and O–H groups in total. The van der Waals surface area contributed by atoms with Crippen molar-refractivity contribution in [3.05, 3.63) is 0 Å². The van der Waals surface area contributed by atoms with Gasteiger partial charge in [0.1, 0.15) is 0 Å². The molecule has 84 valence electrons. The minimum absolute atomic E-state index is 0.164.